The molecule has 5 nitrogen and oxygen atoms in total. The molecule has 5 atom stereocenters. The fourth-order valence-electron chi connectivity index (χ4n) is 4.18. The van der Waals surface area contributed by atoms with Crippen LogP contribution in [0.25, 0.3) is 0 Å². The van der Waals surface area contributed by atoms with Crippen molar-refractivity contribution in [1.29, 1.82) is 0 Å². The molecule has 1 N–H and O–H groups in total. The van der Waals surface area contributed by atoms with E-state index in [4.69, 9.17) is 9.47 Å². The highest BCUT2D eigenvalue weighted by Crippen LogP contribution is 2.38. The van der Waals surface area contributed by atoms with E-state index in [0.717, 1.165) is 58.3 Å². The van der Waals surface area contributed by atoms with Crippen LogP contribution in [-0.4, -0.2) is 61.4 Å². The van der Waals surface area contributed by atoms with Crippen molar-refractivity contribution in [2.75, 3.05) is 26.2 Å². The number of nitrogens with one attached hydrogen (secondary N) is 1. The molecular formula is C17H30N2O3. The van der Waals surface area contributed by atoms with Gasteiger partial charge in [0.05, 0.1) is 30.3 Å². The van der Waals surface area contributed by atoms with Crippen molar-refractivity contribution in [2.45, 2.75) is 70.4 Å². The highest BCUT2D eigenvalue weighted by Gasteiger charge is 2.44. The number of fused-ring (bicyclic) bond motifs is 2. The van der Waals surface area contributed by atoms with Gasteiger partial charge in [-0.15, -0.1) is 0 Å². The maximum absolute atomic E-state index is 12.2. The number of hydrogen-bond acceptors (Lipinski definition) is 4. The molecule has 0 radical (unpaired) electrons. The molecule has 3 aliphatic heterocycles. The van der Waals surface area contributed by atoms with Gasteiger partial charge in [-0.25, -0.2) is 0 Å². The summed E-state index contributed by atoms with van der Waals surface area (Å²) in [4.78, 5) is 14.6. The predicted octanol–water partition coefficient (Wildman–Crippen LogP) is 1.56. The molecule has 0 spiro atoms. The molecule has 0 unspecified atom stereocenters. The van der Waals surface area contributed by atoms with Crippen LogP contribution >= 0.6 is 0 Å². The molecule has 0 aromatic rings. The van der Waals surface area contributed by atoms with Gasteiger partial charge in [-0.3, -0.25) is 9.69 Å². The topological polar surface area (TPSA) is 50.8 Å². The highest BCUT2D eigenvalue weighted by atomic mass is 16.5. The van der Waals surface area contributed by atoms with Crippen molar-refractivity contribution in [2.24, 2.45) is 5.92 Å². The Bertz CT molecular complexity index is 380. The third-order valence-electron chi connectivity index (χ3n) is 5.14. The molecule has 0 aliphatic carbocycles. The number of amides is 1. The molecule has 22 heavy (non-hydrogen) atoms. The lowest BCUT2D eigenvalue weighted by atomic mass is 9.88. The molecule has 1 amide bonds. The van der Waals surface area contributed by atoms with Crippen LogP contribution in [0.5, 0.6) is 0 Å². The lowest BCUT2D eigenvalue weighted by Gasteiger charge is -2.35. The summed E-state index contributed by atoms with van der Waals surface area (Å²) in [7, 11) is 0. The lowest BCUT2D eigenvalue weighted by molar-refractivity contribution is -0.126. The summed E-state index contributed by atoms with van der Waals surface area (Å²) in [6, 6.07) is 0. The van der Waals surface area contributed by atoms with Crippen LogP contribution in [-0.2, 0) is 14.3 Å². The van der Waals surface area contributed by atoms with Crippen LogP contribution in [0.15, 0.2) is 0 Å². The van der Waals surface area contributed by atoms with Crippen LogP contribution < -0.4 is 5.32 Å². The Labute approximate surface area is 133 Å². The average molecular weight is 310 g/mol. The molecular weight excluding hydrogens is 280 g/mol. The largest absolute Gasteiger partial charge is 0.374 e. The maximum atomic E-state index is 12.2. The Balaban J connectivity index is 1.27. The second-order valence-corrected chi connectivity index (χ2v) is 7.23. The monoisotopic (exact) mass is 310 g/mol. The molecule has 3 saturated heterocycles. The van der Waals surface area contributed by atoms with E-state index in [-0.39, 0.29) is 17.9 Å². The summed E-state index contributed by atoms with van der Waals surface area (Å²) in [6.45, 7) is 8.23. The SMILES string of the molecule is C[C@@H]1CN(CCCCNC(=O)[C@@H]2C[C@H]3CC[C@H]2O3)C[C@@H](C)O1. The summed E-state index contributed by atoms with van der Waals surface area (Å²) < 4.78 is 11.5. The molecule has 3 aliphatic rings. The van der Waals surface area contributed by atoms with Crippen molar-refractivity contribution in [1.82, 2.24) is 10.2 Å². The van der Waals surface area contributed by atoms with E-state index in [1.54, 1.807) is 0 Å². The number of ether oxygens (including phenoxy) is 2. The molecule has 0 aromatic carbocycles. The van der Waals surface area contributed by atoms with Gasteiger partial charge >= 0.3 is 0 Å². The van der Waals surface area contributed by atoms with Crippen LogP contribution in [0, 0.1) is 5.92 Å². The Morgan fingerprint density at radius 1 is 1.14 bits per heavy atom. The van der Waals surface area contributed by atoms with Crippen LogP contribution in [0.2, 0.25) is 0 Å². The first kappa shape index (κ1) is 16.2. The fourth-order valence-corrected chi connectivity index (χ4v) is 4.18. The zero-order chi connectivity index (χ0) is 15.5. The van der Waals surface area contributed by atoms with Crippen molar-refractivity contribution in [3.8, 4) is 0 Å². The zero-order valence-corrected chi connectivity index (χ0v) is 13.9. The summed E-state index contributed by atoms with van der Waals surface area (Å²) in [5.41, 5.74) is 0. The van der Waals surface area contributed by atoms with E-state index in [9.17, 15) is 4.79 Å². The first-order valence-corrected chi connectivity index (χ1v) is 8.93. The Kier molecular flexibility index (Phi) is 5.37. The summed E-state index contributed by atoms with van der Waals surface area (Å²) >= 11 is 0. The van der Waals surface area contributed by atoms with Gasteiger partial charge in [0.25, 0.3) is 0 Å². The van der Waals surface area contributed by atoms with Gasteiger partial charge in [-0.2, -0.15) is 0 Å². The number of carbonyl (C=O) groups excluding carboxylic acids is 1. The van der Waals surface area contributed by atoms with Crippen molar-refractivity contribution in [3.63, 3.8) is 0 Å². The minimum Gasteiger partial charge on any atom is -0.374 e. The molecule has 3 fully saturated rings. The summed E-state index contributed by atoms with van der Waals surface area (Å²) in [5.74, 6) is 0.320. The van der Waals surface area contributed by atoms with E-state index >= 15 is 0 Å². The normalized spacial score (nSPS) is 38.4. The van der Waals surface area contributed by atoms with E-state index in [1.165, 1.54) is 0 Å². The molecule has 126 valence electrons. The Morgan fingerprint density at radius 3 is 2.55 bits per heavy atom. The number of unbranched alkanes of at least 4 members (excludes halogenated alkanes) is 1. The average Bonchev–Trinajstić information content (AvgIpc) is 3.08. The van der Waals surface area contributed by atoms with E-state index in [2.05, 4.69) is 24.1 Å². The van der Waals surface area contributed by atoms with Gasteiger partial charge in [0.2, 0.25) is 5.91 Å². The number of nitrogens with zero attached hydrogens (tertiary/aromatic N) is 1. The number of carbonyl (C=O) groups is 1. The predicted molar refractivity (Wildman–Crippen MR) is 84.7 cm³/mol. The Morgan fingerprint density at radius 2 is 1.91 bits per heavy atom. The van der Waals surface area contributed by atoms with Crippen LogP contribution in [0.4, 0.5) is 0 Å². The molecule has 5 heteroatoms. The summed E-state index contributed by atoms with van der Waals surface area (Å²) in [5, 5.41) is 3.10. The van der Waals surface area contributed by atoms with Crippen LogP contribution in [0.3, 0.4) is 0 Å². The molecule has 3 rings (SSSR count). The number of rotatable bonds is 6. The fraction of sp³-hybridized carbons (Fsp3) is 0.941. The number of hydrogen-bond donors (Lipinski definition) is 1. The third-order valence-corrected chi connectivity index (χ3v) is 5.14. The third kappa shape index (κ3) is 4.00. The molecule has 0 aromatic heterocycles. The van der Waals surface area contributed by atoms with Gasteiger partial charge in [0.1, 0.15) is 0 Å². The molecule has 3 heterocycles. The standard InChI is InChI=1S/C17H30N2O3/c1-12-10-19(11-13(2)21-12)8-4-3-7-18-17(20)15-9-14-5-6-16(15)22-14/h12-16H,3-11H2,1-2H3,(H,18,20)/t12-,13-,14-,15-,16-/m1/s1. The first-order valence-electron chi connectivity index (χ1n) is 8.93. The van der Waals surface area contributed by atoms with E-state index in [0.29, 0.717) is 18.3 Å². The maximum Gasteiger partial charge on any atom is 0.225 e. The van der Waals surface area contributed by atoms with Gasteiger partial charge in [-0.1, -0.05) is 0 Å². The summed E-state index contributed by atoms with van der Waals surface area (Å²) in [6.07, 6.45) is 6.54. The first-order chi connectivity index (χ1) is 10.6. The minimum absolute atomic E-state index is 0.111. The van der Waals surface area contributed by atoms with Gasteiger partial charge in [0.15, 0.2) is 0 Å². The second-order valence-electron chi connectivity index (χ2n) is 7.23. The van der Waals surface area contributed by atoms with Gasteiger partial charge in [-0.05, 0) is 52.5 Å². The molecule has 2 bridgehead atoms. The van der Waals surface area contributed by atoms with Crippen molar-refractivity contribution >= 4 is 5.91 Å². The smallest absolute Gasteiger partial charge is 0.225 e. The minimum atomic E-state index is 0.111. The van der Waals surface area contributed by atoms with Crippen LogP contribution in [0.1, 0.15) is 46.0 Å². The van der Waals surface area contributed by atoms with Crippen molar-refractivity contribution in [3.05, 3.63) is 0 Å². The van der Waals surface area contributed by atoms with Gasteiger partial charge in [0, 0.05) is 19.6 Å². The lowest BCUT2D eigenvalue weighted by Crippen LogP contribution is -2.45. The van der Waals surface area contributed by atoms with E-state index in [1.807, 2.05) is 0 Å². The highest BCUT2D eigenvalue weighted by molar-refractivity contribution is 5.79. The quantitative estimate of drug-likeness (QED) is 0.757. The van der Waals surface area contributed by atoms with Crippen molar-refractivity contribution < 1.29 is 14.3 Å². The number of morpholine rings is 1. The zero-order valence-electron chi connectivity index (χ0n) is 13.9. The molecule has 0 saturated carbocycles. The second kappa shape index (κ2) is 7.28. The van der Waals surface area contributed by atoms with Gasteiger partial charge < -0.3 is 14.8 Å². The Hall–Kier alpha value is -0.650. The van der Waals surface area contributed by atoms with E-state index < -0.39 is 0 Å².